The van der Waals surface area contributed by atoms with Crippen LogP contribution in [0.3, 0.4) is 0 Å². The first-order valence-electron chi connectivity index (χ1n) is 4.36. The standard InChI is InChI=1S/C8H11N3O3S/c1-5(7(13)14)2-3-6(12)10-8-11-9-4-15-8/h4-5H,2-3H2,1H3,(H,13,14)(H,10,11,12)/p-1/t5-/m0/s1. The van der Waals surface area contributed by atoms with Crippen LogP contribution < -0.4 is 10.4 Å². The second-order valence-electron chi connectivity index (χ2n) is 3.05. The zero-order valence-electron chi connectivity index (χ0n) is 8.10. The number of hydrogen-bond donors (Lipinski definition) is 1. The monoisotopic (exact) mass is 228 g/mol. The van der Waals surface area contributed by atoms with E-state index in [1.807, 2.05) is 0 Å². The summed E-state index contributed by atoms with van der Waals surface area (Å²) in [5, 5.41) is 20.5. The third-order valence-corrected chi connectivity index (χ3v) is 2.42. The summed E-state index contributed by atoms with van der Waals surface area (Å²) in [5.41, 5.74) is 1.50. The van der Waals surface area contributed by atoms with Crippen LogP contribution in [0.1, 0.15) is 19.8 Å². The number of nitrogens with one attached hydrogen (secondary N) is 1. The lowest BCUT2D eigenvalue weighted by Crippen LogP contribution is -2.30. The van der Waals surface area contributed by atoms with Crippen molar-refractivity contribution in [2.24, 2.45) is 5.92 Å². The van der Waals surface area contributed by atoms with Gasteiger partial charge in [0.2, 0.25) is 11.0 Å². The van der Waals surface area contributed by atoms with E-state index in [9.17, 15) is 14.7 Å². The maximum absolute atomic E-state index is 11.3. The van der Waals surface area contributed by atoms with Gasteiger partial charge in [-0.05, 0) is 12.3 Å². The van der Waals surface area contributed by atoms with Crippen LogP contribution >= 0.6 is 11.3 Å². The van der Waals surface area contributed by atoms with Gasteiger partial charge in [0.1, 0.15) is 5.51 Å². The number of amides is 1. The molecule has 15 heavy (non-hydrogen) atoms. The third kappa shape index (κ3) is 4.03. The molecule has 0 aliphatic carbocycles. The van der Waals surface area contributed by atoms with Crippen LogP contribution in [-0.2, 0) is 9.59 Å². The molecule has 0 fully saturated rings. The highest BCUT2D eigenvalue weighted by molar-refractivity contribution is 7.13. The van der Waals surface area contributed by atoms with Gasteiger partial charge in [-0.25, -0.2) is 0 Å². The molecule has 6 nitrogen and oxygen atoms in total. The first-order valence-corrected chi connectivity index (χ1v) is 5.24. The first-order chi connectivity index (χ1) is 7.09. The van der Waals surface area contributed by atoms with Crippen molar-refractivity contribution in [2.45, 2.75) is 19.8 Å². The Bertz CT molecular complexity index is 339. The zero-order chi connectivity index (χ0) is 11.3. The number of aliphatic carboxylic acids is 1. The Morgan fingerprint density at radius 2 is 2.40 bits per heavy atom. The van der Waals surface area contributed by atoms with Gasteiger partial charge in [-0.2, -0.15) is 0 Å². The average molecular weight is 228 g/mol. The van der Waals surface area contributed by atoms with Crippen LogP contribution in [0.25, 0.3) is 0 Å². The SMILES string of the molecule is C[C@@H](CCC(=O)Nc1nncs1)C(=O)[O-]. The molecule has 0 aliphatic heterocycles. The van der Waals surface area contributed by atoms with Crippen LogP contribution in [0.4, 0.5) is 5.13 Å². The summed E-state index contributed by atoms with van der Waals surface area (Å²) in [5.74, 6) is -2.02. The first kappa shape index (κ1) is 11.6. The predicted molar refractivity (Wildman–Crippen MR) is 51.9 cm³/mol. The molecule has 1 atom stereocenters. The lowest BCUT2D eigenvalue weighted by Gasteiger charge is -2.10. The number of aromatic nitrogens is 2. The lowest BCUT2D eigenvalue weighted by molar-refractivity contribution is -0.311. The minimum absolute atomic E-state index is 0.134. The van der Waals surface area contributed by atoms with Gasteiger partial charge in [-0.15, -0.1) is 10.2 Å². The normalized spacial score (nSPS) is 12.1. The molecule has 0 spiro atoms. The summed E-state index contributed by atoms with van der Waals surface area (Å²) >= 11 is 1.21. The molecule has 1 heterocycles. The molecule has 0 aromatic carbocycles. The molecule has 1 rings (SSSR count). The molecule has 7 heteroatoms. The van der Waals surface area contributed by atoms with Crippen LogP contribution in [0.15, 0.2) is 5.51 Å². The van der Waals surface area contributed by atoms with Gasteiger partial charge in [0.25, 0.3) is 0 Å². The van der Waals surface area contributed by atoms with Crippen molar-refractivity contribution >= 4 is 28.3 Å². The number of carbonyl (C=O) groups is 2. The largest absolute Gasteiger partial charge is 0.550 e. The van der Waals surface area contributed by atoms with Gasteiger partial charge >= 0.3 is 0 Å². The van der Waals surface area contributed by atoms with E-state index in [0.717, 1.165) is 0 Å². The summed E-state index contributed by atoms with van der Waals surface area (Å²) in [6, 6.07) is 0. The van der Waals surface area contributed by atoms with E-state index in [4.69, 9.17) is 0 Å². The van der Waals surface area contributed by atoms with Crippen LogP contribution in [-0.4, -0.2) is 22.1 Å². The van der Waals surface area contributed by atoms with E-state index in [0.29, 0.717) is 5.13 Å². The van der Waals surface area contributed by atoms with E-state index in [1.54, 1.807) is 0 Å². The Kier molecular flexibility index (Phi) is 4.17. The average Bonchev–Trinajstić information content (AvgIpc) is 2.66. The quantitative estimate of drug-likeness (QED) is 0.742. The third-order valence-electron chi connectivity index (χ3n) is 1.81. The fourth-order valence-electron chi connectivity index (χ4n) is 0.875. The van der Waals surface area contributed by atoms with Gasteiger partial charge in [0.05, 0.1) is 0 Å². The molecule has 1 amide bonds. The van der Waals surface area contributed by atoms with Crippen molar-refractivity contribution < 1.29 is 14.7 Å². The van der Waals surface area contributed by atoms with Crippen molar-refractivity contribution in [3.05, 3.63) is 5.51 Å². The highest BCUT2D eigenvalue weighted by atomic mass is 32.1. The maximum Gasteiger partial charge on any atom is 0.226 e. The van der Waals surface area contributed by atoms with E-state index in [2.05, 4.69) is 15.5 Å². The number of rotatable bonds is 5. The second kappa shape index (κ2) is 5.40. The van der Waals surface area contributed by atoms with Gasteiger partial charge < -0.3 is 15.2 Å². The van der Waals surface area contributed by atoms with Crippen LogP contribution in [0.2, 0.25) is 0 Å². The molecular weight excluding hydrogens is 218 g/mol. The summed E-state index contributed by atoms with van der Waals surface area (Å²) in [4.78, 5) is 21.6. The number of anilines is 1. The minimum atomic E-state index is -1.14. The molecule has 82 valence electrons. The molecule has 0 unspecified atom stereocenters. The number of hydrogen-bond acceptors (Lipinski definition) is 6. The van der Waals surface area contributed by atoms with Crippen LogP contribution in [0, 0.1) is 5.92 Å². The number of carboxylic acids is 1. The number of carboxylic acid groups (broad SMARTS) is 1. The second-order valence-corrected chi connectivity index (χ2v) is 3.88. The molecule has 0 radical (unpaired) electrons. The summed E-state index contributed by atoms with van der Waals surface area (Å²) < 4.78 is 0. The zero-order valence-corrected chi connectivity index (χ0v) is 8.91. The van der Waals surface area contributed by atoms with Gasteiger partial charge in [-0.3, -0.25) is 4.79 Å². The molecule has 1 aromatic rings. The number of nitrogens with zero attached hydrogens (tertiary/aromatic N) is 2. The number of carbonyl (C=O) groups excluding carboxylic acids is 2. The predicted octanol–water partition coefficient (Wildman–Crippen LogP) is -0.357. The van der Waals surface area contributed by atoms with E-state index in [1.165, 1.54) is 23.8 Å². The summed E-state index contributed by atoms with van der Waals surface area (Å²) in [7, 11) is 0. The Morgan fingerprint density at radius 1 is 1.67 bits per heavy atom. The molecule has 1 N–H and O–H groups in total. The summed E-state index contributed by atoms with van der Waals surface area (Å²) in [6.07, 6.45) is 0.391. The smallest absolute Gasteiger partial charge is 0.226 e. The molecule has 0 aliphatic rings. The highest BCUT2D eigenvalue weighted by Gasteiger charge is 2.08. The van der Waals surface area contributed by atoms with Gasteiger partial charge in [0.15, 0.2) is 0 Å². The molecule has 0 bridgehead atoms. The van der Waals surface area contributed by atoms with E-state index >= 15 is 0 Å². The Balaban J connectivity index is 2.28. The fraction of sp³-hybridized carbons (Fsp3) is 0.500. The Hall–Kier alpha value is -1.50. The summed E-state index contributed by atoms with van der Waals surface area (Å²) in [6.45, 7) is 1.51. The Labute approximate surface area is 90.3 Å². The topological polar surface area (TPSA) is 95.0 Å². The van der Waals surface area contributed by atoms with E-state index < -0.39 is 11.9 Å². The van der Waals surface area contributed by atoms with Crippen molar-refractivity contribution in [1.29, 1.82) is 0 Å². The van der Waals surface area contributed by atoms with Crippen molar-refractivity contribution in [2.75, 3.05) is 5.32 Å². The molecule has 0 saturated carbocycles. The minimum Gasteiger partial charge on any atom is -0.550 e. The molecule has 0 saturated heterocycles. The van der Waals surface area contributed by atoms with Gasteiger partial charge in [0, 0.05) is 12.4 Å². The van der Waals surface area contributed by atoms with Crippen molar-refractivity contribution in [3.8, 4) is 0 Å². The highest BCUT2D eigenvalue weighted by Crippen LogP contribution is 2.10. The lowest BCUT2D eigenvalue weighted by atomic mass is 10.1. The van der Waals surface area contributed by atoms with Crippen molar-refractivity contribution in [3.63, 3.8) is 0 Å². The van der Waals surface area contributed by atoms with E-state index in [-0.39, 0.29) is 18.7 Å². The molecular formula is C8H10N3O3S-. The maximum atomic E-state index is 11.3. The van der Waals surface area contributed by atoms with Gasteiger partial charge in [-0.1, -0.05) is 18.3 Å². The Morgan fingerprint density at radius 3 is 2.93 bits per heavy atom. The van der Waals surface area contributed by atoms with Crippen molar-refractivity contribution in [1.82, 2.24) is 10.2 Å². The fourth-order valence-corrected chi connectivity index (χ4v) is 1.34. The molecule has 1 aromatic heterocycles. The van der Waals surface area contributed by atoms with Crippen LogP contribution in [0.5, 0.6) is 0 Å².